The number of rotatable bonds is 3. The zero-order valence-electron chi connectivity index (χ0n) is 11.2. The number of piperidine rings is 1. The van der Waals surface area contributed by atoms with E-state index >= 15 is 0 Å². The summed E-state index contributed by atoms with van der Waals surface area (Å²) in [4.78, 5) is 2.24. The van der Waals surface area contributed by atoms with Crippen molar-refractivity contribution in [2.24, 2.45) is 16.8 Å². The van der Waals surface area contributed by atoms with Crippen molar-refractivity contribution in [2.75, 3.05) is 24.6 Å². The average Bonchev–Trinajstić information content (AvgIpc) is 2.46. The highest BCUT2D eigenvalue weighted by Crippen LogP contribution is 2.27. The number of nitrogens with two attached hydrogens (primary N) is 1. The first-order valence-corrected chi connectivity index (χ1v) is 6.60. The Labute approximate surface area is 113 Å². The minimum atomic E-state index is 0.142. The van der Waals surface area contributed by atoms with Crippen LogP contribution in [0, 0.1) is 12.8 Å². The maximum Gasteiger partial charge on any atom is 0.172 e. The minimum absolute atomic E-state index is 0.142. The first-order valence-electron chi connectivity index (χ1n) is 6.60. The number of anilines is 1. The second kappa shape index (κ2) is 5.93. The zero-order chi connectivity index (χ0) is 13.8. The number of oxime groups is 1. The Morgan fingerprint density at radius 1 is 1.42 bits per heavy atom. The van der Waals surface area contributed by atoms with E-state index in [1.54, 1.807) is 0 Å². The fourth-order valence-corrected chi connectivity index (χ4v) is 2.54. The quantitative estimate of drug-likeness (QED) is 0.332. The van der Waals surface area contributed by atoms with Crippen molar-refractivity contribution < 1.29 is 10.3 Å². The summed E-state index contributed by atoms with van der Waals surface area (Å²) in [7, 11) is 0. The Morgan fingerprint density at radius 2 is 2.11 bits per heavy atom. The summed E-state index contributed by atoms with van der Waals surface area (Å²) in [5.41, 5.74) is 8.60. The van der Waals surface area contributed by atoms with Gasteiger partial charge >= 0.3 is 0 Å². The van der Waals surface area contributed by atoms with Crippen LogP contribution in [0.2, 0.25) is 0 Å². The normalized spacial score (nSPS) is 17.8. The molecule has 1 aliphatic rings. The lowest BCUT2D eigenvalue weighted by molar-refractivity contribution is 0.203. The Kier molecular flexibility index (Phi) is 4.27. The maximum atomic E-state index is 9.17. The minimum Gasteiger partial charge on any atom is -0.409 e. The number of benzene rings is 1. The standard InChI is InChI=1S/C14H21N3O2/c1-10-2-3-13(12(8-10)14(15)16-19)17-6-4-11(9-18)5-7-17/h2-3,8,11,18-19H,4-7,9H2,1H3,(H2,15,16). The van der Waals surface area contributed by atoms with E-state index in [2.05, 4.69) is 10.1 Å². The van der Waals surface area contributed by atoms with Crippen molar-refractivity contribution in [1.29, 1.82) is 0 Å². The number of nitrogens with zero attached hydrogens (tertiary/aromatic N) is 2. The Bertz CT molecular complexity index is 466. The molecule has 1 heterocycles. The molecule has 5 heteroatoms. The molecule has 0 unspecified atom stereocenters. The summed E-state index contributed by atoms with van der Waals surface area (Å²) >= 11 is 0. The van der Waals surface area contributed by atoms with Gasteiger partial charge in [-0.3, -0.25) is 0 Å². The smallest absolute Gasteiger partial charge is 0.172 e. The van der Waals surface area contributed by atoms with Crippen molar-refractivity contribution in [3.05, 3.63) is 29.3 Å². The largest absolute Gasteiger partial charge is 0.409 e. The predicted molar refractivity (Wildman–Crippen MR) is 75.7 cm³/mol. The SMILES string of the molecule is Cc1ccc(N2CCC(CO)CC2)c(/C(N)=N/O)c1. The van der Waals surface area contributed by atoms with Gasteiger partial charge in [-0.25, -0.2) is 0 Å². The molecule has 0 atom stereocenters. The first kappa shape index (κ1) is 13.7. The van der Waals surface area contributed by atoms with Gasteiger partial charge in [0.25, 0.3) is 0 Å². The molecule has 0 saturated carbocycles. The van der Waals surface area contributed by atoms with E-state index in [9.17, 15) is 5.11 Å². The molecule has 2 rings (SSSR count). The van der Waals surface area contributed by atoms with Crippen molar-refractivity contribution in [2.45, 2.75) is 19.8 Å². The van der Waals surface area contributed by atoms with E-state index in [1.807, 2.05) is 25.1 Å². The summed E-state index contributed by atoms with van der Waals surface area (Å²) in [6.45, 7) is 4.02. The predicted octanol–water partition coefficient (Wildman–Crippen LogP) is 1.30. The molecule has 19 heavy (non-hydrogen) atoms. The van der Waals surface area contributed by atoms with Crippen molar-refractivity contribution in [1.82, 2.24) is 0 Å². The van der Waals surface area contributed by atoms with Gasteiger partial charge in [-0.15, -0.1) is 0 Å². The molecule has 0 radical (unpaired) electrons. The van der Waals surface area contributed by atoms with Crippen LogP contribution in [0.15, 0.2) is 23.4 Å². The molecule has 1 aromatic rings. The molecule has 4 N–H and O–H groups in total. The van der Waals surface area contributed by atoms with Crippen LogP contribution in [-0.4, -0.2) is 35.8 Å². The third kappa shape index (κ3) is 2.98. The van der Waals surface area contributed by atoms with Gasteiger partial charge < -0.3 is 20.9 Å². The third-order valence-electron chi connectivity index (χ3n) is 3.75. The lowest BCUT2D eigenvalue weighted by atomic mass is 9.96. The lowest BCUT2D eigenvalue weighted by Crippen LogP contribution is -2.36. The average molecular weight is 263 g/mol. The third-order valence-corrected chi connectivity index (χ3v) is 3.75. The fraction of sp³-hybridized carbons (Fsp3) is 0.500. The summed E-state index contributed by atoms with van der Waals surface area (Å²) in [6.07, 6.45) is 1.94. The molecule has 104 valence electrons. The van der Waals surface area contributed by atoms with E-state index in [0.717, 1.165) is 42.7 Å². The number of hydrogen-bond acceptors (Lipinski definition) is 4. The summed E-state index contributed by atoms with van der Waals surface area (Å²) in [5.74, 6) is 0.539. The summed E-state index contributed by atoms with van der Waals surface area (Å²) in [6, 6.07) is 5.98. The van der Waals surface area contributed by atoms with Crippen molar-refractivity contribution in [3.8, 4) is 0 Å². The highest BCUT2D eigenvalue weighted by Gasteiger charge is 2.21. The molecule has 0 aromatic heterocycles. The first-order chi connectivity index (χ1) is 9.15. The molecule has 1 aromatic carbocycles. The molecule has 1 aliphatic heterocycles. The molecule has 0 amide bonds. The van der Waals surface area contributed by atoms with Crippen molar-refractivity contribution >= 4 is 11.5 Å². The van der Waals surface area contributed by atoms with E-state index < -0.39 is 0 Å². The van der Waals surface area contributed by atoms with Crippen LogP contribution in [0.3, 0.4) is 0 Å². The number of amidine groups is 1. The maximum absolute atomic E-state index is 9.17. The van der Waals surface area contributed by atoms with Crippen LogP contribution in [-0.2, 0) is 0 Å². The van der Waals surface area contributed by atoms with E-state index in [4.69, 9.17) is 10.9 Å². The molecule has 5 nitrogen and oxygen atoms in total. The number of aliphatic hydroxyl groups excluding tert-OH is 1. The van der Waals surface area contributed by atoms with Crippen LogP contribution in [0.25, 0.3) is 0 Å². The van der Waals surface area contributed by atoms with Crippen LogP contribution in [0.5, 0.6) is 0 Å². The van der Waals surface area contributed by atoms with Crippen molar-refractivity contribution in [3.63, 3.8) is 0 Å². The van der Waals surface area contributed by atoms with Gasteiger partial charge in [0.05, 0.1) is 0 Å². The van der Waals surface area contributed by atoms with Gasteiger partial charge in [-0.1, -0.05) is 16.8 Å². The number of aryl methyl sites for hydroxylation is 1. The van der Waals surface area contributed by atoms with Gasteiger partial charge in [0.2, 0.25) is 0 Å². The van der Waals surface area contributed by atoms with E-state index in [1.165, 1.54) is 0 Å². The summed E-state index contributed by atoms with van der Waals surface area (Å²) < 4.78 is 0. The molecular weight excluding hydrogens is 242 g/mol. The Morgan fingerprint density at radius 3 is 2.68 bits per heavy atom. The zero-order valence-corrected chi connectivity index (χ0v) is 11.2. The van der Waals surface area contributed by atoms with Gasteiger partial charge in [-0.05, 0) is 37.8 Å². The number of aliphatic hydroxyl groups is 1. The Hall–Kier alpha value is -1.75. The molecule has 0 bridgehead atoms. The van der Waals surface area contributed by atoms with Crippen LogP contribution in [0.4, 0.5) is 5.69 Å². The molecule has 0 spiro atoms. The van der Waals surface area contributed by atoms with Crippen LogP contribution in [0.1, 0.15) is 24.0 Å². The van der Waals surface area contributed by atoms with Gasteiger partial charge in [0.1, 0.15) is 0 Å². The van der Waals surface area contributed by atoms with Gasteiger partial charge in [0, 0.05) is 30.9 Å². The monoisotopic (exact) mass is 263 g/mol. The molecule has 0 aliphatic carbocycles. The topological polar surface area (TPSA) is 82.1 Å². The summed E-state index contributed by atoms with van der Waals surface area (Å²) in [5, 5.41) is 21.2. The number of hydrogen-bond donors (Lipinski definition) is 3. The fourth-order valence-electron chi connectivity index (χ4n) is 2.54. The second-order valence-electron chi connectivity index (χ2n) is 5.12. The molecule has 1 saturated heterocycles. The molecule has 1 fully saturated rings. The van der Waals surface area contributed by atoms with Crippen LogP contribution >= 0.6 is 0 Å². The Balaban J connectivity index is 2.25. The van der Waals surface area contributed by atoms with Gasteiger partial charge in [0.15, 0.2) is 5.84 Å². The van der Waals surface area contributed by atoms with E-state index in [0.29, 0.717) is 5.92 Å². The van der Waals surface area contributed by atoms with Gasteiger partial charge in [-0.2, -0.15) is 0 Å². The molecular formula is C14H21N3O2. The highest BCUT2D eigenvalue weighted by molar-refractivity contribution is 6.02. The second-order valence-corrected chi connectivity index (χ2v) is 5.12. The lowest BCUT2D eigenvalue weighted by Gasteiger charge is -2.34. The van der Waals surface area contributed by atoms with E-state index in [-0.39, 0.29) is 12.4 Å². The van der Waals surface area contributed by atoms with Crippen LogP contribution < -0.4 is 10.6 Å². The highest BCUT2D eigenvalue weighted by atomic mass is 16.4.